The van der Waals surface area contributed by atoms with E-state index in [9.17, 15) is 0 Å². The quantitative estimate of drug-likeness (QED) is 0.458. The van der Waals surface area contributed by atoms with Crippen molar-refractivity contribution in [2.75, 3.05) is 6.61 Å². The predicted molar refractivity (Wildman–Crippen MR) is 60.8 cm³/mol. The van der Waals surface area contributed by atoms with E-state index in [1.54, 1.807) is 0 Å². The Morgan fingerprint density at radius 3 is 2.53 bits per heavy atom. The van der Waals surface area contributed by atoms with Crippen LogP contribution in [0.3, 0.4) is 0 Å². The van der Waals surface area contributed by atoms with Gasteiger partial charge in [0.05, 0.1) is 12.3 Å². The third-order valence-corrected chi connectivity index (χ3v) is 2.18. The Morgan fingerprint density at radius 2 is 2.00 bits per heavy atom. The van der Waals surface area contributed by atoms with Crippen molar-refractivity contribution in [3.8, 4) is 5.75 Å². The maximum absolute atomic E-state index is 8.49. The molecule has 0 saturated carbocycles. The average molecular weight is 207 g/mol. The number of rotatable bonds is 5. The molecule has 82 valence electrons. The van der Waals surface area contributed by atoms with E-state index in [1.807, 2.05) is 38.1 Å². The Labute approximate surface area is 90.4 Å². The summed E-state index contributed by atoms with van der Waals surface area (Å²) < 4.78 is 5.34. The van der Waals surface area contributed by atoms with E-state index in [4.69, 9.17) is 9.94 Å². The summed E-state index contributed by atoms with van der Waals surface area (Å²) in [5.74, 6) is 0.897. The van der Waals surface area contributed by atoms with E-state index in [0.717, 1.165) is 24.3 Å². The van der Waals surface area contributed by atoms with Crippen molar-refractivity contribution in [2.24, 2.45) is 5.16 Å². The third-order valence-electron chi connectivity index (χ3n) is 2.18. The molecular formula is C12H17NO2. The molecule has 1 rings (SSSR count). The van der Waals surface area contributed by atoms with Gasteiger partial charge in [0.2, 0.25) is 0 Å². The largest absolute Gasteiger partial charge is 0.494 e. The summed E-state index contributed by atoms with van der Waals surface area (Å²) in [5, 5.41) is 11.6. The summed E-state index contributed by atoms with van der Waals surface area (Å²) in [7, 11) is 0. The van der Waals surface area contributed by atoms with Gasteiger partial charge in [0, 0.05) is 0 Å². The molecule has 0 fully saturated rings. The molecule has 1 N–H and O–H groups in total. The monoisotopic (exact) mass is 207 g/mol. The van der Waals surface area contributed by atoms with E-state index in [-0.39, 0.29) is 0 Å². The molecule has 0 heterocycles. The van der Waals surface area contributed by atoms with Gasteiger partial charge in [0.25, 0.3) is 0 Å². The lowest BCUT2D eigenvalue weighted by Crippen LogP contribution is -1.95. The molecule has 0 atom stereocenters. The molecule has 0 aliphatic rings. The average Bonchev–Trinajstić information content (AvgIpc) is 2.28. The van der Waals surface area contributed by atoms with Crippen LogP contribution in [0, 0.1) is 0 Å². The van der Waals surface area contributed by atoms with Crippen molar-refractivity contribution in [2.45, 2.75) is 26.7 Å². The van der Waals surface area contributed by atoms with E-state index in [0.29, 0.717) is 6.61 Å². The zero-order chi connectivity index (χ0) is 11.1. The molecule has 3 nitrogen and oxygen atoms in total. The van der Waals surface area contributed by atoms with Crippen molar-refractivity contribution in [3.05, 3.63) is 29.8 Å². The minimum Gasteiger partial charge on any atom is -0.494 e. The van der Waals surface area contributed by atoms with Gasteiger partial charge in [-0.05, 0) is 44.4 Å². The van der Waals surface area contributed by atoms with E-state index in [1.165, 1.54) is 5.56 Å². The summed E-state index contributed by atoms with van der Waals surface area (Å²) in [6.45, 7) is 4.47. The lowest BCUT2D eigenvalue weighted by molar-refractivity contribution is 0.317. The molecule has 15 heavy (non-hydrogen) atoms. The molecule has 1 aromatic carbocycles. The first-order valence-corrected chi connectivity index (χ1v) is 5.15. The zero-order valence-corrected chi connectivity index (χ0v) is 9.23. The van der Waals surface area contributed by atoms with Gasteiger partial charge in [-0.3, -0.25) is 0 Å². The van der Waals surface area contributed by atoms with Crippen LogP contribution in [-0.2, 0) is 6.42 Å². The first-order valence-electron chi connectivity index (χ1n) is 5.15. The Balaban J connectivity index is 2.49. The number of ether oxygens (including phenoxy) is 1. The molecule has 0 spiro atoms. The van der Waals surface area contributed by atoms with Crippen molar-refractivity contribution < 1.29 is 9.94 Å². The fraction of sp³-hybridized carbons (Fsp3) is 0.417. The van der Waals surface area contributed by atoms with Crippen LogP contribution >= 0.6 is 0 Å². The summed E-state index contributed by atoms with van der Waals surface area (Å²) in [4.78, 5) is 0. The van der Waals surface area contributed by atoms with Gasteiger partial charge in [-0.15, -0.1) is 0 Å². The number of benzene rings is 1. The number of hydrogen-bond donors (Lipinski definition) is 1. The van der Waals surface area contributed by atoms with Crippen molar-refractivity contribution in [3.63, 3.8) is 0 Å². The standard InChI is InChI=1S/C12H17NO2/c1-3-15-12-8-6-11(7-9-12)5-4-10(2)13-14/h6-9,14H,3-5H2,1-2H3. The van der Waals surface area contributed by atoms with Gasteiger partial charge < -0.3 is 9.94 Å². The lowest BCUT2D eigenvalue weighted by Gasteiger charge is -2.04. The molecule has 0 radical (unpaired) electrons. The number of aryl methyl sites for hydroxylation is 1. The molecule has 0 bridgehead atoms. The molecule has 3 heteroatoms. The molecule has 0 aliphatic carbocycles. The van der Waals surface area contributed by atoms with Gasteiger partial charge in [-0.25, -0.2) is 0 Å². The second-order valence-corrected chi connectivity index (χ2v) is 3.41. The molecule has 0 saturated heterocycles. The van der Waals surface area contributed by atoms with Crippen LogP contribution in [0.25, 0.3) is 0 Å². The van der Waals surface area contributed by atoms with Crippen LogP contribution in [0.5, 0.6) is 5.75 Å². The van der Waals surface area contributed by atoms with Crippen molar-refractivity contribution in [1.29, 1.82) is 0 Å². The van der Waals surface area contributed by atoms with Crippen LogP contribution in [0.15, 0.2) is 29.4 Å². The van der Waals surface area contributed by atoms with Gasteiger partial charge in [0.15, 0.2) is 0 Å². The molecule has 1 aromatic rings. The topological polar surface area (TPSA) is 41.8 Å². The number of nitrogens with zero attached hydrogens (tertiary/aromatic N) is 1. The van der Waals surface area contributed by atoms with Gasteiger partial charge in [0.1, 0.15) is 5.75 Å². The molecule has 0 aliphatic heterocycles. The molecule has 0 aromatic heterocycles. The number of hydrogen-bond acceptors (Lipinski definition) is 3. The fourth-order valence-electron chi connectivity index (χ4n) is 1.29. The lowest BCUT2D eigenvalue weighted by atomic mass is 10.1. The SMILES string of the molecule is CCOc1ccc(CCC(C)=NO)cc1. The van der Waals surface area contributed by atoms with Gasteiger partial charge in [-0.2, -0.15) is 0 Å². The Morgan fingerprint density at radius 1 is 1.33 bits per heavy atom. The minimum absolute atomic E-state index is 0.690. The Bertz CT molecular complexity index is 317. The first-order chi connectivity index (χ1) is 7.26. The summed E-state index contributed by atoms with van der Waals surface area (Å²) in [5.41, 5.74) is 1.98. The second kappa shape index (κ2) is 6.06. The summed E-state index contributed by atoms with van der Waals surface area (Å²) >= 11 is 0. The predicted octanol–water partition coefficient (Wildman–Crippen LogP) is 2.87. The van der Waals surface area contributed by atoms with Crippen LogP contribution in [0.4, 0.5) is 0 Å². The van der Waals surface area contributed by atoms with Crippen LogP contribution in [0.2, 0.25) is 0 Å². The van der Waals surface area contributed by atoms with E-state index in [2.05, 4.69) is 5.16 Å². The zero-order valence-electron chi connectivity index (χ0n) is 9.23. The van der Waals surface area contributed by atoms with Crippen LogP contribution < -0.4 is 4.74 Å². The molecular weight excluding hydrogens is 190 g/mol. The van der Waals surface area contributed by atoms with Crippen LogP contribution in [0.1, 0.15) is 25.8 Å². The Kier molecular flexibility index (Phi) is 4.68. The Hall–Kier alpha value is -1.51. The summed E-state index contributed by atoms with van der Waals surface area (Å²) in [6.07, 6.45) is 1.67. The minimum atomic E-state index is 0.690. The highest BCUT2D eigenvalue weighted by Gasteiger charge is 1.97. The first kappa shape index (κ1) is 11.6. The van der Waals surface area contributed by atoms with Crippen molar-refractivity contribution in [1.82, 2.24) is 0 Å². The van der Waals surface area contributed by atoms with Gasteiger partial charge >= 0.3 is 0 Å². The smallest absolute Gasteiger partial charge is 0.119 e. The van der Waals surface area contributed by atoms with Crippen LogP contribution in [-0.4, -0.2) is 17.5 Å². The highest BCUT2D eigenvalue weighted by Crippen LogP contribution is 2.13. The highest BCUT2D eigenvalue weighted by atomic mass is 16.5. The van der Waals surface area contributed by atoms with Gasteiger partial charge in [-0.1, -0.05) is 17.3 Å². The second-order valence-electron chi connectivity index (χ2n) is 3.41. The fourth-order valence-corrected chi connectivity index (χ4v) is 1.29. The maximum atomic E-state index is 8.49. The third kappa shape index (κ3) is 4.02. The van der Waals surface area contributed by atoms with Crippen molar-refractivity contribution >= 4 is 5.71 Å². The van der Waals surface area contributed by atoms with E-state index < -0.39 is 0 Å². The normalized spacial score (nSPS) is 11.5. The number of oxime groups is 1. The maximum Gasteiger partial charge on any atom is 0.119 e. The molecule has 0 amide bonds. The summed E-state index contributed by atoms with van der Waals surface area (Å²) in [6, 6.07) is 8.00. The van der Waals surface area contributed by atoms with E-state index >= 15 is 0 Å². The molecule has 0 unspecified atom stereocenters. The highest BCUT2D eigenvalue weighted by molar-refractivity contribution is 5.81.